The topological polar surface area (TPSA) is 51.1 Å². The number of hydrogen-bond donors (Lipinski definition) is 1. The van der Waals surface area contributed by atoms with Crippen LogP contribution in [0.1, 0.15) is 25.5 Å². The van der Waals surface area contributed by atoms with Crippen molar-refractivity contribution < 1.29 is 4.79 Å². The molecule has 2 aromatic carbocycles. The molecule has 23 heavy (non-hydrogen) atoms. The summed E-state index contributed by atoms with van der Waals surface area (Å²) >= 11 is 1.21. The molecule has 0 bridgehead atoms. The van der Waals surface area contributed by atoms with Crippen LogP contribution in [0.2, 0.25) is 0 Å². The molecule has 0 saturated heterocycles. The van der Waals surface area contributed by atoms with Gasteiger partial charge in [0.15, 0.2) is 0 Å². The Hall–Kier alpha value is -2.40. The van der Waals surface area contributed by atoms with Crippen molar-refractivity contribution in [2.75, 3.05) is 5.32 Å². The maximum absolute atomic E-state index is 12.1. The number of nitrogens with one attached hydrogen (secondary N) is 1. The van der Waals surface area contributed by atoms with E-state index >= 15 is 0 Å². The van der Waals surface area contributed by atoms with E-state index in [9.17, 15) is 9.59 Å². The summed E-state index contributed by atoms with van der Waals surface area (Å²) in [5.74, 6) is -0.0637. The molecule has 5 heteroatoms. The molecular formula is C18H18N2O2S. The molecule has 0 atom stereocenters. The van der Waals surface area contributed by atoms with Crippen molar-refractivity contribution in [2.24, 2.45) is 0 Å². The first-order valence-corrected chi connectivity index (χ1v) is 8.35. The molecule has 0 saturated carbocycles. The zero-order chi connectivity index (χ0) is 16.4. The molecule has 1 heterocycles. The average molecular weight is 326 g/mol. The van der Waals surface area contributed by atoms with Gasteiger partial charge in [0, 0.05) is 11.7 Å². The van der Waals surface area contributed by atoms with Crippen LogP contribution in [0.3, 0.4) is 0 Å². The fraction of sp³-hybridized carbons (Fsp3) is 0.222. The first-order valence-electron chi connectivity index (χ1n) is 7.53. The summed E-state index contributed by atoms with van der Waals surface area (Å²) in [6.45, 7) is 3.98. The number of nitrogens with zero attached hydrogens (tertiary/aromatic N) is 1. The number of carbonyl (C=O) groups is 1. The van der Waals surface area contributed by atoms with Gasteiger partial charge in [-0.25, -0.2) is 0 Å². The lowest BCUT2D eigenvalue weighted by molar-refractivity contribution is -0.115. The average Bonchev–Trinajstić information content (AvgIpc) is 2.83. The molecule has 0 radical (unpaired) electrons. The van der Waals surface area contributed by atoms with Crippen molar-refractivity contribution in [2.45, 2.75) is 26.3 Å². The van der Waals surface area contributed by atoms with E-state index in [0.717, 1.165) is 21.5 Å². The molecule has 4 nitrogen and oxygen atoms in total. The highest BCUT2D eigenvalue weighted by atomic mass is 32.1. The minimum atomic E-state index is -0.0637. The van der Waals surface area contributed by atoms with Gasteiger partial charge in [-0.3, -0.25) is 14.2 Å². The fourth-order valence-corrected chi connectivity index (χ4v) is 3.64. The van der Waals surface area contributed by atoms with Crippen molar-refractivity contribution in [3.8, 4) is 0 Å². The fourth-order valence-electron chi connectivity index (χ4n) is 2.59. The minimum absolute atomic E-state index is 0.0303. The Morgan fingerprint density at radius 1 is 1.17 bits per heavy atom. The number of carbonyl (C=O) groups excluding carboxylic acids is 1. The highest BCUT2D eigenvalue weighted by molar-refractivity contribution is 7.16. The number of hydrogen-bond acceptors (Lipinski definition) is 3. The number of anilines is 1. The lowest BCUT2D eigenvalue weighted by Gasteiger charge is -2.08. The molecule has 0 fully saturated rings. The van der Waals surface area contributed by atoms with Crippen LogP contribution in [0.5, 0.6) is 0 Å². The Labute approximate surface area is 138 Å². The van der Waals surface area contributed by atoms with Gasteiger partial charge < -0.3 is 5.32 Å². The standard InChI is InChI=1S/C18H18N2O2S/c1-12(2)20-15-9-8-14(11-16(15)23-18(20)22)19-17(21)10-13-6-4-3-5-7-13/h3-9,11-12H,10H2,1-2H3,(H,19,21). The second-order valence-electron chi connectivity index (χ2n) is 5.72. The van der Waals surface area contributed by atoms with Gasteiger partial charge in [-0.1, -0.05) is 41.7 Å². The number of fused-ring (bicyclic) bond motifs is 1. The number of amides is 1. The zero-order valence-corrected chi connectivity index (χ0v) is 13.9. The summed E-state index contributed by atoms with van der Waals surface area (Å²) in [5, 5.41) is 2.90. The van der Waals surface area contributed by atoms with E-state index in [1.54, 1.807) is 4.57 Å². The molecule has 1 N–H and O–H groups in total. The number of aromatic nitrogens is 1. The summed E-state index contributed by atoms with van der Waals surface area (Å²) in [6, 6.07) is 15.3. The van der Waals surface area contributed by atoms with Crippen molar-refractivity contribution in [3.63, 3.8) is 0 Å². The molecule has 1 amide bonds. The molecule has 3 rings (SSSR count). The Morgan fingerprint density at radius 2 is 1.91 bits per heavy atom. The molecule has 0 aliphatic heterocycles. The second-order valence-corrected chi connectivity index (χ2v) is 6.72. The Bertz CT molecular complexity index is 894. The third-order valence-electron chi connectivity index (χ3n) is 3.62. The number of benzene rings is 2. The maximum Gasteiger partial charge on any atom is 0.308 e. The van der Waals surface area contributed by atoms with Crippen molar-refractivity contribution in [1.82, 2.24) is 4.57 Å². The van der Waals surface area contributed by atoms with E-state index in [1.807, 2.05) is 62.4 Å². The molecule has 118 valence electrons. The largest absolute Gasteiger partial charge is 0.326 e. The van der Waals surface area contributed by atoms with Crippen LogP contribution in [-0.4, -0.2) is 10.5 Å². The van der Waals surface area contributed by atoms with E-state index < -0.39 is 0 Å². The van der Waals surface area contributed by atoms with Gasteiger partial charge in [0.1, 0.15) is 0 Å². The van der Waals surface area contributed by atoms with Crippen molar-refractivity contribution in [1.29, 1.82) is 0 Å². The van der Waals surface area contributed by atoms with Gasteiger partial charge >= 0.3 is 4.87 Å². The highest BCUT2D eigenvalue weighted by Gasteiger charge is 2.11. The van der Waals surface area contributed by atoms with Gasteiger partial charge in [0.25, 0.3) is 0 Å². The van der Waals surface area contributed by atoms with E-state index in [0.29, 0.717) is 6.42 Å². The summed E-state index contributed by atoms with van der Waals surface area (Å²) < 4.78 is 2.66. The van der Waals surface area contributed by atoms with E-state index in [-0.39, 0.29) is 16.8 Å². The second kappa shape index (κ2) is 6.38. The van der Waals surface area contributed by atoms with Gasteiger partial charge in [-0.15, -0.1) is 0 Å². The molecule has 1 aromatic heterocycles. The van der Waals surface area contributed by atoms with E-state index in [2.05, 4.69) is 5.32 Å². The summed E-state index contributed by atoms with van der Waals surface area (Å²) in [7, 11) is 0. The Kier molecular flexibility index (Phi) is 4.30. The predicted octanol–water partition coefficient (Wildman–Crippen LogP) is 3.83. The maximum atomic E-state index is 12.1. The number of thiazole rings is 1. The minimum Gasteiger partial charge on any atom is -0.326 e. The van der Waals surface area contributed by atoms with Crippen LogP contribution in [0, 0.1) is 0 Å². The van der Waals surface area contributed by atoms with Gasteiger partial charge in [0.05, 0.1) is 16.6 Å². The predicted molar refractivity (Wildman–Crippen MR) is 95.2 cm³/mol. The smallest absolute Gasteiger partial charge is 0.308 e. The molecule has 0 aliphatic rings. The molecule has 0 aliphatic carbocycles. The van der Waals surface area contributed by atoms with Crippen LogP contribution in [-0.2, 0) is 11.2 Å². The Balaban J connectivity index is 1.81. The van der Waals surface area contributed by atoms with Crippen LogP contribution in [0.4, 0.5) is 5.69 Å². The normalized spacial score (nSPS) is 11.1. The van der Waals surface area contributed by atoms with Gasteiger partial charge in [-0.05, 0) is 37.6 Å². The molecule has 0 spiro atoms. The SMILES string of the molecule is CC(C)n1c(=O)sc2cc(NC(=O)Cc3ccccc3)ccc21. The first-order chi connectivity index (χ1) is 11.0. The quantitative estimate of drug-likeness (QED) is 0.792. The lowest BCUT2D eigenvalue weighted by atomic mass is 10.1. The number of rotatable bonds is 4. The summed E-state index contributed by atoms with van der Waals surface area (Å²) in [6.07, 6.45) is 0.335. The van der Waals surface area contributed by atoms with Crippen molar-refractivity contribution >= 4 is 33.1 Å². The van der Waals surface area contributed by atoms with Crippen LogP contribution < -0.4 is 10.2 Å². The lowest BCUT2D eigenvalue weighted by Crippen LogP contribution is -2.15. The third kappa shape index (κ3) is 3.35. The Morgan fingerprint density at radius 3 is 2.61 bits per heavy atom. The van der Waals surface area contributed by atoms with E-state index in [1.165, 1.54) is 11.3 Å². The molecule has 3 aromatic rings. The molecular weight excluding hydrogens is 308 g/mol. The van der Waals surface area contributed by atoms with Crippen LogP contribution in [0.15, 0.2) is 53.3 Å². The summed E-state index contributed by atoms with van der Waals surface area (Å²) in [4.78, 5) is 24.2. The molecule has 0 unspecified atom stereocenters. The summed E-state index contributed by atoms with van der Waals surface area (Å²) in [5.41, 5.74) is 2.60. The van der Waals surface area contributed by atoms with Crippen molar-refractivity contribution in [3.05, 3.63) is 63.8 Å². The van der Waals surface area contributed by atoms with Crippen LogP contribution >= 0.6 is 11.3 Å². The zero-order valence-electron chi connectivity index (χ0n) is 13.1. The van der Waals surface area contributed by atoms with E-state index in [4.69, 9.17) is 0 Å². The van der Waals surface area contributed by atoms with Crippen LogP contribution in [0.25, 0.3) is 10.2 Å². The van der Waals surface area contributed by atoms with Gasteiger partial charge in [0.2, 0.25) is 5.91 Å². The first kappa shape index (κ1) is 15.5. The van der Waals surface area contributed by atoms with Gasteiger partial charge in [-0.2, -0.15) is 0 Å². The third-order valence-corrected chi connectivity index (χ3v) is 4.54. The highest BCUT2D eigenvalue weighted by Crippen LogP contribution is 2.24. The monoisotopic (exact) mass is 326 g/mol.